The third-order valence-electron chi connectivity index (χ3n) is 6.67. The number of rotatable bonds is 6. The third kappa shape index (κ3) is 4.88. The molecule has 1 aliphatic carbocycles. The van der Waals surface area contributed by atoms with Crippen LogP contribution >= 0.6 is 0 Å². The van der Waals surface area contributed by atoms with Crippen molar-refractivity contribution in [2.24, 2.45) is 4.99 Å². The van der Waals surface area contributed by atoms with Crippen molar-refractivity contribution in [3.8, 4) is 11.8 Å². The summed E-state index contributed by atoms with van der Waals surface area (Å²) in [4.78, 5) is 17.9. The average Bonchev–Trinajstić information content (AvgIpc) is 3.58. The van der Waals surface area contributed by atoms with Crippen LogP contribution in [-0.2, 0) is 6.42 Å². The summed E-state index contributed by atoms with van der Waals surface area (Å²) < 4.78 is 35.7. The van der Waals surface area contributed by atoms with Gasteiger partial charge in [0.25, 0.3) is 0 Å². The van der Waals surface area contributed by atoms with Crippen LogP contribution in [0, 0.1) is 11.6 Å². The predicted octanol–water partition coefficient (Wildman–Crippen LogP) is 4.97. The molecule has 0 saturated carbocycles. The standard InChI is InChI=1S/C27H30F2N6O/c1-5-6-17-11-23(30-14-17)31-24-13-25(35-8-7-18(15-35)34(3)4)33-27(32-24)36-22-12-21(28)19-9-16(2)10-20(19)26(22)29/h5-6,10-13,18H,7-9,14-15H2,1-4H3,(H,30,31,32,33)/b6-5+. The fraction of sp³-hybridized carbons (Fsp3) is 0.370. The van der Waals surface area contributed by atoms with Gasteiger partial charge < -0.3 is 19.9 Å². The number of fused-ring (bicyclic) bond motifs is 1. The molecular formula is C27H30F2N6O. The maximum Gasteiger partial charge on any atom is 0.326 e. The summed E-state index contributed by atoms with van der Waals surface area (Å²) in [6.45, 7) is 6.00. The number of likely N-dealkylation sites (N-methyl/N-ethyl adjacent to an activating group) is 1. The van der Waals surface area contributed by atoms with Crippen molar-refractivity contribution in [2.75, 3.05) is 43.9 Å². The molecule has 1 fully saturated rings. The lowest BCUT2D eigenvalue weighted by Crippen LogP contribution is -2.31. The van der Waals surface area contributed by atoms with Crippen molar-refractivity contribution in [1.82, 2.24) is 14.9 Å². The highest BCUT2D eigenvalue weighted by Crippen LogP contribution is 2.36. The second kappa shape index (κ2) is 9.81. The van der Waals surface area contributed by atoms with Crippen molar-refractivity contribution >= 4 is 23.5 Å². The smallest absolute Gasteiger partial charge is 0.326 e. The first-order valence-electron chi connectivity index (χ1n) is 12.1. The van der Waals surface area contributed by atoms with Crippen LogP contribution in [0.25, 0.3) is 6.08 Å². The Labute approximate surface area is 209 Å². The molecule has 1 N–H and O–H groups in total. The highest BCUT2D eigenvalue weighted by atomic mass is 19.1. The maximum atomic E-state index is 15.2. The van der Waals surface area contributed by atoms with Crippen molar-refractivity contribution in [2.45, 2.75) is 32.7 Å². The van der Waals surface area contributed by atoms with E-state index in [0.29, 0.717) is 42.0 Å². The highest BCUT2D eigenvalue weighted by molar-refractivity contribution is 6.05. The predicted molar refractivity (Wildman–Crippen MR) is 139 cm³/mol. The topological polar surface area (TPSA) is 65.9 Å². The molecule has 1 aromatic carbocycles. The zero-order valence-corrected chi connectivity index (χ0v) is 21.0. The molecule has 0 bridgehead atoms. The van der Waals surface area contributed by atoms with Gasteiger partial charge in [0.2, 0.25) is 0 Å². The van der Waals surface area contributed by atoms with Gasteiger partial charge in [-0.05, 0) is 52.4 Å². The zero-order chi connectivity index (χ0) is 25.4. The Bertz CT molecular complexity index is 1310. The lowest BCUT2D eigenvalue weighted by Gasteiger charge is -2.22. The molecule has 0 amide bonds. The molecule has 188 valence electrons. The van der Waals surface area contributed by atoms with Crippen LogP contribution < -0.4 is 15.0 Å². The highest BCUT2D eigenvalue weighted by Gasteiger charge is 2.27. The molecule has 1 aromatic heterocycles. The molecule has 9 heteroatoms. The van der Waals surface area contributed by atoms with Crippen LogP contribution in [0.4, 0.5) is 20.4 Å². The number of halogens is 2. The Morgan fingerprint density at radius 2 is 2.03 bits per heavy atom. The van der Waals surface area contributed by atoms with Gasteiger partial charge in [0, 0.05) is 42.4 Å². The Balaban J connectivity index is 1.47. The van der Waals surface area contributed by atoms with Gasteiger partial charge in [0.1, 0.15) is 23.3 Å². The van der Waals surface area contributed by atoms with E-state index in [4.69, 9.17) is 4.74 Å². The normalized spacial score (nSPS) is 19.1. The van der Waals surface area contributed by atoms with E-state index in [2.05, 4.69) is 44.2 Å². The number of hydrogen-bond donors (Lipinski definition) is 1. The van der Waals surface area contributed by atoms with E-state index in [0.717, 1.165) is 36.7 Å². The van der Waals surface area contributed by atoms with Crippen molar-refractivity contribution in [1.29, 1.82) is 0 Å². The van der Waals surface area contributed by atoms with E-state index in [1.807, 2.05) is 38.1 Å². The molecule has 36 heavy (non-hydrogen) atoms. The number of ether oxygens (including phenoxy) is 1. The van der Waals surface area contributed by atoms with Crippen molar-refractivity contribution < 1.29 is 13.5 Å². The second-order valence-corrected chi connectivity index (χ2v) is 9.62. The van der Waals surface area contributed by atoms with Gasteiger partial charge in [-0.25, -0.2) is 8.78 Å². The van der Waals surface area contributed by atoms with E-state index in [9.17, 15) is 4.39 Å². The molecule has 3 aliphatic rings. The van der Waals surface area contributed by atoms with Gasteiger partial charge in [0.15, 0.2) is 11.6 Å². The van der Waals surface area contributed by atoms with Crippen LogP contribution in [0.15, 0.2) is 46.5 Å². The zero-order valence-electron chi connectivity index (χ0n) is 21.0. The molecule has 2 aromatic rings. The van der Waals surface area contributed by atoms with E-state index < -0.39 is 11.6 Å². The van der Waals surface area contributed by atoms with E-state index in [1.54, 1.807) is 6.08 Å². The largest absolute Gasteiger partial charge is 0.421 e. The fourth-order valence-corrected chi connectivity index (χ4v) is 4.76. The van der Waals surface area contributed by atoms with E-state index >= 15 is 4.39 Å². The fourth-order valence-electron chi connectivity index (χ4n) is 4.76. The van der Waals surface area contributed by atoms with Gasteiger partial charge in [-0.15, -0.1) is 0 Å². The number of anilines is 2. The number of nitrogens with zero attached hydrogens (tertiary/aromatic N) is 5. The van der Waals surface area contributed by atoms with E-state index in [-0.39, 0.29) is 17.3 Å². The Kier molecular flexibility index (Phi) is 6.57. The van der Waals surface area contributed by atoms with Crippen LogP contribution in [0.2, 0.25) is 0 Å². The molecule has 1 unspecified atom stereocenters. The Morgan fingerprint density at radius 1 is 1.19 bits per heavy atom. The molecule has 3 heterocycles. The lowest BCUT2D eigenvalue weighted by atomic mass is 10.1. The number of nitrogens with one attached hydrogen (secondary N) is 1. The molecule has 0 spiro atoms. The molecule has 1 saturated heterocycles. The lowest BCUT2D eigenvalue weighted by molar-refractivity contribution is 0.315. The summed E-state index contributed by atoms with van der Waals surface area (Å²) >= 11 is 0. The number of aliphatic imine (C=N–C) groups is 1. The van der Waals surface area contributed by atoms with Crippen molar-refractivity contribution in [3.63, 3.8) is 0 Å². The minimum Gasteiger partial charge on any atom is -0.421 e. The van der Waals surface area contributed by atoms with Gasteiger partial charge in [-0.1, -0.05) is 23.8 Å². The van der Waals surface area contributed by atoms with Crippen LogP contribution in [-0.4, -0.2) is 60.5 Å². The van der Waals surface area contributed by atoms with Gasteiger partial charge >= 0.3 is 6.01 Å². The Hall–Kier alpha value is -3.59. The first-order valence-corrected chi connectivity index (χ1v) is 12.1. The first-order chi connectivity index (χ1) is 17.3. The number of allylic oxidation sites excluding steroid dienone is 2. The summed E-state index contributed by atoms with van der Waals surface area (Å²) in [5.74, 6) is 0.445. The average molecular weight is 493 g/mol. The monoisotopic (exact) mass is 492 g/mol. The number of benzene rings is 1. The summed E-state index contributed by atoms with van der Waals surface area (Å²) in [6, 6.07) is 3.25. The summed E-state index contributed by atoms with van der Waals surface area (Å²) in [6.07, 6.45) is 8.97. The number of hydrogen-bond acceptors (Lipinski definition) is 7. The molecule has 0 radical (unpaired) electrons. The summed E-state index contributed by atoms with van der Waals surface area (Å²) in [5.41, 5.74) is 2.56. The van der Waals surface area contributed by atoms with E-state index in [1.165, 1.54) is 0 Å². The van der Waals surface area contributed by atoms with Crippen molar-refractivity contribution in [3.05, 3.63) is 64.3 Å². The minimum absolute atomic E-state index is 0.0588. The molecule has 2 aliphatic heterocycles. The van der Waals surface area contributed by atoms with Gasteiger partial charge in [-0.2, -0.15) is 9.97 Å². The third-order valence-corrected chi connectivity index (χ3v) is 6.67. The Morgan fingerprint density at radius 3 is 2.78 bits per heavy atom. The maximum absolute atomic E-state index is 15.2. The molecular weight excluding hydrogens is 462 g/mol. The molecule has 5 rings (SSSR count). The SMILES string of the molecule is C/C=C/C1=CC(Nc2cc(N3CCC(N(C)C)C3)nc(Oc3cc(F)c4c(c3F)C=C(C)C4)n2)=NC1. The summed E-state index contributed by atoms with van der Waals surface area (Å²) in [7, 11) is 4.12. The van der Waals surface area contributed by atoms with Gasteiger partial charge in [-0.3, -0.25) is 4.99 Å². The first kappa shape index (κ1) is 24.1. The number of amidine groups is 1. The molecule has 7 nitrogen and oxygen atoms in total. The number of aromatic nitrogens is 2. The second-order valence-electron chi connectivity index (χ2n) is 9.62. The van der Waals surface area contributed by atoms with Crippen LogP contribution in [0.1, 0.15) is 31.4 Å². The molecule has 1 atom stereocenters. The minimum atomic E-state index is -0.611. The quantitative estimate of drug-likeness (QED) is 0.614. The summed E-state index contributed by atoms with van der Waals surface area (Å²) in [5, 5.41) is 3.22. The van der Waals surface area contributed by atoms with Gasteiger partial charge in [0.05, 0.1) is 6.54 Å². The van der Waals surface area contributed by atoms with Crippen LogP contribution in [0.3, 0.4) is 0 Å². The van der Waals surface area contributed by atoms with Crippen LogP contribution in [0.5, 0.6) is 11.8 Å².